The first-order chi connectivity index (χ1) is 12.8. The Bertz CT molecular complexity index is 837. The van der Waals surface area contributed by atoms with Crippen molar-refractivity contribution in [2.24, 2.45) is 5.92 Å². The number of benzene rings is 2. The lowest BCUT2D eigenvalue weighted by molar-refractivity contribution is -0.126. The van der Waals surface area contributed by atoms with E-state index in [0.717, 1.165) is 0 Å². The lowest BCUT2D eigenvalue weighted by Gasteiger charge is -2.19. The molecule has 2 atom stereocenters. The number of rotatable bonds is 5. The van der Waals surface area contributed by atoms with Gasteiger partial charge in [-0.2, -0.15) is 0 Å². The van der Waals surface area contributed by atoms with Crippen molar-refractivity contribution in [3.8, 4) is 0 Å². The molecule has 1 saturated heterocycles. The molecule has 1 fully saturated rings. The molecule has 7 heteroatoms. The van der Waals surface area contributed by atoms with Gasteiger partial charge < -0.3 is 10.2 Å². The van der Waals surface area contributed by atoms with E-state index in [1.165, 1.54) is 18.2 Å². The normalized spacial score (nSPS) is 17.9. The predicted molar refractivity (Wildman–Crippen MR) is 99.6 cm³/mol. The van der Waals surface area contributed by atoms with Gasteiger partial charge in [-0.1, -0.05) is 17.7 Å². The molecule has 0 saturated carbocycles. The van der Waals surface area contributed by atoms with Gasteiger partial charge in [-0.15, -0.1) is 0 Å². The molecule has 27 heavy (non-hydrogen) atoms. The third-order valence-corrected chi connectivity index (χ3v) is 4.85. The van der Waals surface area contributed by atoms with E-state index in [-0.39, 0.29) is 36.8 Å². The Morgan fingerprint density at radius 2 is 1.85 bits per heavy atom. The van der Waals surface area contributed by atoms with Crippen LogP contribution in [0.15, 0.2) is 42.5 Å². The van der Waals surface area contributed by atoms with Gasteiger partial charge >= 0.3 is 0 Å². The minimum absolute atomic E-state index is 0.0335. The molecule has 2 aromatic rings. The van der Waals surface area contributed by atoms with Gasteiger partial charge in [0.05, 0.1) is 5.92 Å². The molecule has 1 aliphatic heterocycles. The molecule has 0 aliphatic carbocycles. The largest absolute Gasteiger partial charge is 0.353 e. The van der Waals surface area contributed by atoms with Crippen molar-refractivity contribution in [1.29, 1.82) is 0 Å². The number of nitrogens with zero attached hydrogens (tertiary/aromatic N) is 1. The maximum absolute atomic E-state index is 13.8. The fourth-order valence-corrected chi connectivity index (χ4v) is 3.33. The van der Waals surface area contributed by atoms with Gasteiger partial charge in [0.25, 0.3) is 0 Å². The third kappa shape index (κ3) is 4.45. The molecular formula is C20H19ClF2N2O2. The van der Waals surface area contributed by atoms with Crippen LogP contribution in [-0.2, 0) is 16.0 Å². The first-order valence-electron chi connectivity index (χ1n) is 8.64. The van der Waals surface area contributed by atoms with Crippen LogP contribution in [-0.4, -0.2) is 24.4 Å². The van der Waals surface area contributed by atoms with Gasteiger partial charge in [0, 0.05) is 35.3 Å². The monoisotopic (exact) mass is 392 g/mol. The highest BCUT2D eigenvalue weighted by Crippen LogP contribution is 2.26. The summed E-state index contributed by atoms with van der Waals surface area (Å²) in [5, 5.41) is 3.32. The standard InChI is InChI=1S/C20H19ClF2N2O2/c1-12(9-16-17(22)3-2-4-18(16)23)24-20(27)13-10-19(26)25(11-13)15-7-5-14(21)6-8-15/h2-8,12-13H,9-11H2,1H3,(H,24,27). The summed E-state index contributed by atoms with van der Waals surface area (Å²) in [5.74, 6) is -2.24. The number of nitrogens with one attached hydrogen (secondary N) is 1. The van der Waals surface area contributed by atoms with E-state index in [2.05, 4.69) is 5.32 Å². The molecule has 2 amide bonds. The molecule has 0 radical (unpaired) electrons. The quantitative estimate of drug-likeness (QED) is 0.843. The summed E-state index contributed by atoms with van der Waals surface area (Å²) in [6.45, 7) is 1.94. The van der Waals surface area contributed by atoms with Crippen LogP contribution >= 0.6 is 11.6 Å². The highest BCUT2D eigenvalue weighted by Gasteiger charge is 2.35. The Hall–Kier alpha value is -2.47. The van der Waals surface area contributed by atoms with E-state index >= 15 is 0 Å². The highest BCUT2D eigenvalue weighted by atomic mass is 35.5. The maximum atomic E-state index is 13.8. The van der Waals surface area contributed by atoms with E-state index in [1.807, 2.05) is 0 Å². The first kappa shape index (κ1) is 19.3. The number of hydrogen-bond acceptors (Lipinski definition) is 2. The Kier molecular flexibility index (Phi) is 5.75. The van der Waals surface area contributed by atoms with Gasteiger partial charge in [-0.3, -0.25) is 9.59 Å². The molecule has 0 bridgehead atoms. The van der Waals surface area contributed by atoms with Crippen LogP contribution in [0.2, 0.25) is 5.02 Å². The molecule has 2 unspecified atom stereocenters. The van der Waals surface area contributed by atoms with Crippen LogP contribution in [0.3, 0.4) is 0 Å². The van der Waals surface area contributed by atoms with Crippen LogP contribution in [0.5, 0.6) is 0 Å². The van der Waals surface area contributed by atoms with Crippen LogP contribution in [0.4, 0.5) is 14.5 Å². The van der Waals surface area contributed by atoms with Crippen molar-refractivity contribution < 1.29 is 18.4 Å². The summed E-state index contributed by atoms with van der Waals surface area (Å²) < 4.78 is 27.5. The second kappa shape index (κ2) is 8.05. The second-order valence-corrected chi connectivity index (χ2v) is 7.13. The molecule has 142 valence electrons. The lowest BCUT2D eigenvalue weighted by Crippen LogP contribution is -2.39. The van der Waals surface area contributed by atoms with Crippen molar-refractivity contribution in [3.63, 3.8) is 0 Å². The van der Waals surface area contributed by atoms with Gasteiger partial charge in [0.1, 0.15) is 11.6 Å². The minimum atomic E-state index is -0.638. The van der Waals surface area contributed by atoms with E-state index in [0.29, 0.717) is 10.7 Å². The smallest absolute Gasteiger partial charge is 0.227 e. The first-order valence-corrected chi connectivity index (χ1v) is 9.02. The van der Waals surface area contributed by atoms with Crippen molar-refractivity contribution in [3.05, 3.63) is 64.7 Å². The number of amides is 2. The molecular weight excluding hydrogens is 374 g/mol. The van der Waals surface area contributed by atoms with Gasteiger partial charge in [0.15, 0.2) is 0 Å². The summed E-state index contributed by atoms with van der Waals surface area (Å²) in [6.07, 6.45) is 0.126. The number of carbonyl (C=O) groups excluding carboxylic acids is 2. The molecule has 0 spiro atoms. The van der Waals surface area contributed by atoms with Crippen molar-refractivity contribution >= 4 is 29.1 Å². The van der Waals surface area contributed by atoms with E-state index < -0.39 is 23.6 Å². The summed E-state index contributed by atoms with van der Waals surface area (Å²) in [5.41, 5.74) is 0.622. The zero-order valence-electron chi connectivity index (χ0n) is 14.7. The van der Waals surface area contributed by atoms with Crippen molar-refractivity contribution in [2.75, 3.05) is 11.4 Å². The van der Waals surface area contributed by atoms with Crippen LogP contribution < -0.4 is 10.2 Å². The summed E-state index contributed by atoms with van der Waals surface area (Å²) in [7, 11) is 0. The van der Waals surface area contributed by atoms with E-state index in [4.69, 9.17) is 11.6 Å². The fourth-order valence-electron chi connectivity index (χ4n) is 3.20. The average Bonchev–Trinajstić information content (AvgIpc) is 3.01. The number of carbonyl (C=O) groups is 2. The third-order valence-electron chi connectivity index (χ3n) is 4.59. The maximum Gasteiger partial charge on any atom is 0.227 e. The molecule has 4 nitrogen and oxygen atoms in total. The van der Waals surface area contributed by atoms with Crippen molar-refractivity contribution in [2.45, 2.75) is 25.8 Å². The number of halogens is 3. The van der Waals surface area contributed by atoms with Crippen LogP contribution in [0, 0.1) is 17.6 Å². The number of anilines is 1. The molecule has 1 heterocycles. The topological polar surface area (TPSA) is 49.4 Å². The molecule has 3 rings (SSSR count). The lowest BCUT2D eigenvalue weighted by atomic mass is 10.0. The second-order valence-electron chi connectivity index (χ2n) is 6.70. The minimum Gasteiger partial charge on any atom is -0.353 e. The Balaban J connectivity index is 1.61. The summed E-state index contributed by atoms with van der Waals surface area (Å²) in [4.78, 5) is 26.3. The zero-order valence-corrected chi connectivity index (χ0v) is 15.5. The van der Waals surface area contributed by atoms with Gasteiger partial charge in [-0.05, 0) is 49.7 Å². The van der Waals surface area contributed by atoms with Crippen LogP contribution in [0.1, 0.15) is 18.9 Å². The molecule has 1 aliphatic rings. The van der Waals surface area contributed by atoms with Gasteiger partial charge in [0.2, 0.25) is 11.8 Å². The molecule has 1 N–H and O–H groups in total. The fraction of sp³-hybridized carbons (Fsp3) is 0.300. The summed E-state index contributed by atoms with van der Waals surface area (Å²) >= 11 is 5.86. The van der Waals surface area contributed by atoms with Crippen LogP contribution in [0.25, 0.3) is 0 Å². The van der Waals surface area contributed by atoms with E-state index in [1.54, 1.807) is 36.1 Å². The summed E-state index contributed by atoms with van der Waals surface area (Å²) in [6, 6.07) is 10.0. The number of hydrogen-bond donors (Lipinski definition) is 1. The predicted octanol–water partition coefficient (Wildman–Crippen LogP) is 3.72. The zero-order chi connectivity index (χ0) is 19.6. The highest BCUT2D eigenvalue weighted by molar-refractivity contribution is 6.30. The van der Waals surface area contributed by atoms with Gasteiger partial charge in [-0.25, -0.2) is 8.78 Å². The SMILES string of the molecule is CC(Cc1c(F)cccc1F)NC(=O)C1CC(=O)N(c2ccc(Cl)cc2)C1. The van der Waals surface area contributed by atoms with Crippen molar-refractivity contribution in [1.82, 2.24) is 5.32 Å². The Morgan fingerprint density at radius 1 is 1.22 bits per heavy atom. The molecule has 0 aromatic heterocycles. The Morgan fingerprint density at radius 3 is 2.48 bits per heavy atom. The van der Waals surface area contributed by atoms with E-state index in [9.17, 15) is 18.4 Å². The Labute approximate surface area is 161 Å². The molecule has 2 aromatic carbocycles. The average molecular weight is 393 g/mol.